The van der Waals surface area contributed by atoms with Gasteiger partial charge in [0.05, 0.1) is 0 Å². The van der Waals surface area contributed by atoms with Crippen molar-refractivity contribution in [2.24, 2.45) is 0 Å². The maximum Gasteiger partial charge on any atom is 0.303 e. The zero-order chi connectivity index (χ0) is 12.9. The lowest BCUT2D eigenvalue weighted by Gasteiger charge is -2.12. The van der Waals surface area contributed by atoms with Gasteiger partial charge in [-0.2, -0.15) is 0 Å². The van der Waals surface area contributed by atoms with Crippen molar-refractivity contribution in [3.05, 3.63) is 12.2 Å². The predicted molar refractivity (Wildman–Crippen MR) is 66.9 cm³/mol. The first-order valence-corrected chi connectivity index (χ1v) is 6.32. The number of hydrogen-bond acceptors (Lipinski definition) is 3. The topological polar surface area (TPSA) is 55.8 Å². The second-order valence-corrected chi connectivity index (χ2v) is 3.70. The molecule has 0 radical (unpaired) electrons. The lowest BCUT2D eigenvalue weighted by Crippen LogP contribution is -2.14. The largest absolute Gasteiger partial charge is 0.481 e. The standard InChI is InChI=1S/C13H24O4/c1-3-16-13(17-4-2)11-9-7-5-6-8-10-12(14)15/h9,11,13H,3-8,10H2,1-2H3,(H,14,15). The minimum atomic E-state index is -0.715. The molecule has 0 aliphatic carbocycles. The van der Waals surface area contributed by atoms with E-state index in [0.29, 0.717) is 13.2 Å². The molecule has 0 heterocycles. The fourth-order valence-electron chi connectivity index (χ4n) is 1.41. The molecule has 0 spiro atoms. The van der Waals surface area contributed by atoms with Gasteiger partial charge in [0.25, 0.3) is 0 Å². The number of hydrogen-bond donors (Lipinski definition) is 1. The highest BCUT2D eigenvalue weighted by Crippen LogP contribution is 2.05. The van der Waals surface area contributed by atoms with Crippen LogP contribution in [0.2, 0.25) is 0 Å². The average Bonchev–Trinajstić information content (AvgIpc) is 2.28. The summed E-state index contributed by atoms with van der Waals surface area (Å²) in [6.45, 7) is 5.14. The molecule has 0 aromatic carbocycles. The van der Waals surface area contributed by atoms with Crippen LogP contribution in [0.3, 0.4) is 0 Å². The molecule has 0 fully saturated rings. The normalized spacial score (nSPS) is 11.5. The van der Waals surface area contributed by atoms with Gasteiger partial charge in [0.2, 0.25) is 0 Å². The number of unbranched alkanes of at least 4 members (excludes halogenated alkanes) is 3. The molecule has 0 saturated heterocycles. The molecule has 0 rings (SSSR count). The van der Waals surface area contributed by atoms with E-state index in [1.807, 2.05) is 26.0 Å². The van der Waals surface area contributed by atoms with Crippen molar-refractivity contribution < 1.29 is 19.4 Å². The molecule has 0 atom stereocenters. The quantitative estimate of drug-likeness (QED) is 0.345. The Balaban J connectivity index is 3.52. The monoisotopic (exact) mass is 244 g/mol. The summed E-state index contributed by atoms with van der Waals surface area (Å²) < 4.78 is 10.7. The average molecular weight is 244 g/mol. The van der Waals surface area contributed by atoms with Crippen LogP contribution in [0.15, 0.2) is 12.2 Å². The molecule has 0 saturated carbocycles. The second kappa shape index (κ2) is 11.6. The number of allylic oxidation sites excluding steroid dienone is 1. The summed E-state index contributed by atoms with van der Waals surface area (Å²) in [4.78, 5) is 10.3. The summed E-state index contributed by atoms with van der Waals surface area (Å²) in [6.07, 6.45) is 7.63. The molecule has 17 heavy (non-hydrogen) atoms. The first-order valence-electron chi connectivity index (χ1n) is 6.32. The Hall–Kier alpha value is -0.870. The van der Waals surface area contributed by atoms with Gasteiger partial charge in [0.15, 0.2) is 6.29 Å². The van der Waals surface area contributed by atoms with Gasteiger partial charge in [-0.15, -0.1) is 0 Å². The van der Waals surface area contributed by atoms with Gasteiger partial charge in [-0.25, -0.2) is 0 Å². The van der Waals surface area contributed by atoms with E-state index in [4.69, 9.17) is 14.6 Å². The van der Waals surface area contributed by atoms with Gasteiger partial charge in [-0.05, 0) is 39.2 Å². The third-order valence-electron chi connectivity index (χ3n) is 2.22. The summed E-state index contributed by atoms with van der Waals surface area (Å²) >= 11 is 0. The van der Waals surface area contributed by atoms with Gasteiger partial charge in [-0.1, -0.05) is 12.5 Å². The Morgan fingerprint density at radius 2 is 1.82 bits per heavy atom. The molecule has 0 amide bonds. The summed E-state index contributed by atoms with van der Waals surface area (Å²) in [5.41, 5.74) is 0. The SMILES string of the molecule is CCOC(C=CCCCCCC(=O)O)OCC. The van der Waals surface area contributed by atoms with E-state index in [0.717, 1.165) is 25.7 Å². The van der Waals surface area contributed by atoms with Gasteiger partial charge in [-0.3, -0.25) is 4.79 Å². The second-order valence-electron chi connectivity index (χ2n) is 3.70. The lowest BCUT2D eigenvalue weighted by molar-refractivity contribution is -0.137. The van der Waals surface area contributed by atoms with Crippen LogP contribution < -0.4 is 0 Å². The number of aliphatic carboxylic acids is 1. The fraction of sp³-hybridized carbons (Fsp3) is 0.769. The van der Waals surface area contributed by atoms with Gasteiger partial charge in [0, 0.05) is 19.6 Å². The van der Waals surface area contributed by atoms with Crippen molar-refractivity contribution in [1.29, 1.82) is 0 Å². The Labute approximate surface area is 104 Å². The van der Waals surface area contributed by atoms with Gasteiger partial charge < -0.3 is 14.6 Å². The maximum atomic E-state index is 10.3. The summed E-state index contributed by atoms with van der Waals surface area (Å²) in [6, 6.07) is 0. The van der Waals surface area contributed by atoms with Crippen LogP contribution in [-0.4, -0.2) is 30.6 Å². The van der Waals surface area contributed by atoms with E-state index in [2.05, 4.69) is 0 Å². The Bertz CT molecular complexity index is 207. The number of carboxylic acids is 1. The minimum absolute atomic E-state index is 0.246. The number of ether oxygens (including phenoxy) is 2. The van der Waals surface area contributed by atoms with Crippen molar-refractivity contribution in [1.82, 2.24) is 0 Å². The zero-order valence-electron chi connectivity index (χ0n) is 10.9. The highest BCUT2D eigenvalue weighted by atomic mass is 16.7. The fourth-order valence-corrected chi connectivity index (χ4v) is 1.41. The van der Waals surface area contributed by atoms with Crippen molar-refractivity contribution in [2.45, 2.75) is 52.2 Å². The van der Waals surface area contributed by atoms with Crippen LogP contribution in [0, 0.1) is 0 Å². The molecule has 1 N–H and O–H groups in total. The van der Waals surface area contributed by atoms with E-state index < -0.39 is 5.97 Å². The van der Waals surface area contributed by atoms with Crippen molar-refractivity contribution >= 4 is 5.97 Å². The number of carboxylic acid groups (broad SMARTS) is 1. The van der Waals surface area contributed by atoms with Gasteiger partial charge >= 0.3 is 5.97 Å². The van der Waals surface area contributed by atoms with E-state index in [1.54, 1.807) is 0 Å². The van der Waals surface area contributed by atoms with E-state index in [-0.39, 0.29) is 12.7 Å². The molecular weight excluding hydrogens is 220 g/mol. The molecular formula is C13H24O4. The van der Waals surface area contributed by atoms with Crippen molar-refractivity contribution in [3.8, 4) is 0 Å². The Morgan fingerprint density at radius 1 is 1.18 bits per heavy atom. The molecule has 4 heteroatoms. The van der Waals surface area contributed by atoms with Crippen LogP contribution in [0.4, 0.5) is 0 Å². The summed E-state index contributed by atoms with van der Waals surface area (Å²) in [5, 5.41) is 8.46. The zero-order valence-corrected chi connectivity index (χ0v) is 10.9. The molecule has 4 nitrogen and oxygen atoms in total. The molecule has 0 aromatic rings. The van der Waals surface area contributed by atoms with Crippen LogP contribution >= 0.6 is 0 Å². The van der Waals surface area contributed by atoms with Crippen LogP contribution in [0.5, 0.6) is 0 Å². The molecule has 0 aliphatic heterocycles. The Morgan fingerprint density at radius 3 is 2.35 bits per heavy atom. The van der Waals surface area contributed by atoms with Crippen LogP contribution in [0.25, 0.3) is 0 Å². The highest BCUT2D eigenvalue weighted by molar-refractivity contribution is 5.66. The smallest absolute Gasteiger partial charge is 0.303 e. The van der Waals surface area contributed by atoms with Crippen molar-refractivity contribution in [2.75, 3.05) is 13.2 Å². The first-order chi connectivity index (χ1) is 8.20. The van der Waals surface area contributed by atoms with Crippen LogP contribution in [0.1, 0.15) is 46.0 Å². The van der Waals surface area contributed by atoms with Gasteiger partial charge in [0.1, 0.15) is 0 Å². The summed E-state index contributed by atoms with van der Waals surface area (Å²) in [7, 11) is 0. The third-order valence-corrected chi connectivity index (χ3v) is 2.22. The molecule has 100 valence electrons. The number of carbonyl (C=O) groups is 1. The molecule has 0 aliphatic rings. The molecule has 0 aromatic heterocycles. The third kappa shape index (κ3) is 11.4. The molecule has 0 unspecified atom stereocenters. The number of rotatable bonds is 11. The van der Waals surface area contributed by atoms with E-state index >= 15 is 0 Å². The predicted octanol–water partition coefficient (Wildman–Crippen LogP) is 2.98. The van der Waals surface area contributed by atoms with E-state index in [9.17, 15) is 4.79 Å². The van der Waals surface area contributed by atoms with Crippen molar-refractivity contribution in [3.63, 3.8) is 0 Å². The Kier molecular flexibility index (Phi) is 11.0. The highest BCUT2D eigenvalue weighted by Gasteiger charge is 2.01. The maximum absolute atomic E-state index is 10.3. The summed E-state index contributed by atoms with van der Waals surface area (Å²) in [5.74, 6) is -0.715. The lowest BCUT2D eigenvalue weighted by atomic mass is 10.1. The van der Waals surface area contributed by atoms with Crippen LogP contribution in [-0.2, 0) is 14.3 Å². The minimum Gasteiger partial charge on any atom is -0.481 e. The first kappa shape index (κ1) is 16.1. The van der Waals surface area contributed by atoms with E-state index in [1.165, 1.54) is 0 Å². The molecule has 0 bridgehead atoms.